The Kier molecular flexibility index (Phi) is 4.43. The highest BCUT2D eigenvalue weighted by Gasteiger charge is 2.18. The average Bonchev–Trinajstić information content (AvgIpc) is 2.65. The first-order chi connectivity index (χ1) is 6.24. The molecule has 0 aromatic carbocycles. The van der Waals surface area contributed by atoms with Crippen molar-refractivity contribution in [3.8, 4) is 0 Å². The number of carbonyl (C=O) groups is 1. The molecule has 1 saturated carbocycles. The zero-order valence-electron chi connectivity index (χ0n) is 8.59. The van der Waals surface area contributed by atoms with Gasteiger partial charge in [0.2, 0.25) is 0 Å². The van der Waals surface area contributed by atoms with Crippen molar-refractivity contribution in [2.24, 2.45) is 11.7 Å². The van der Waals surface area contributed by atoms with Crippen LogP contribution in [0.2, 0.25) is 0 Å². The SMILES string of the molecule is CCC(=O)C(N)CCC1CCCC1. The maximum absolute atomic E-state index is 11.2. The molecule has 0 bridgehead atoms. The van der Waals surface area contributed by atoms with Crippen LogP contribution in [0, 0.1) is 5.92 Å². The van der Waals surface area contributed by atoms with Crippen LogP contribution in [0.3, 0.4) is 0 Å². The summed E-state index contributed by atoms with van der Waals surface area (Å²) in [6, 6.07) is -0.189. The van der Waals surface area contributed by atoms with Crippen LogP contribution >= 0.6 is 0 Å². The average molecular weight is 183 g/mol. The van der Waals surface area contributed by atoms with Gasteiger partial charge in [-0.15, -0.1) is 0 Å². The third kappa shape index (κ3) is 3.47. The molecular weight excluding hydrogens is 162 g/mol. The molecule has 1 rings (SSSR count). The van der Waals surface area contributed by atoms with Gasteiger partial charge in [0.15, 0.2) is 0 Å². The minimum absolute atomic E-state index is 0.189. The van der Waals surface area contributed by atoms with Crippen molar-refractivity contribution in [1.29, 1.82) is 0 Å². The molecule has 0 spiro atoms. The van der Waals surface area contributed by atoms with Gasteiger partial charge in [-0.05, 0) is 18.8 Å². The van der Waals surface area contributed by atoms with Crippen molar-refractivity contribution < 1.29 is 4.79 Å². The van der Waals surface area contributed by atoms with Crippen molar-refractivity contribution in [1.82, 2.24) is 0 Å². The predicted molar refractivity (Wildman–Crippen MR) is 54.5 cm³/mol. The summed E-state index contributed by atoms with van der Waals surface area (Å²) in [5.41, 5.74) is 5.76. The summed E-state index contributed by atoms with van der Waals surface area (Å²) in [4.78, 5) is 11.2. The Morgan fingerprint density at radius 2 is 2.08 bits per heavy atom. The molecule has 1 atom stereocenters. The van der Waals surface area contributed by atoms with Crippen LogP contribution in [0.4, 0.5) is 0 Å². The van der Waals surface area contributed by atoms with E-state index in [9.17, 15) is 4.79 Å². The molecule has 2 nitrogen and oxygen atoms in total. The zero-order chi connectivity index (χ0) is 9.68. The molecule has 1 aliphatic rings. The maximum atomic E-state index is 11.2. The third-order valence-corrected chi connectivity index (χ3v) is 3.12. The minimum atomic E-state index is -0.189. The van der Waals surface area contributed by atoms with Crippen molar-refractivity contribution in [2.45, 2.75) is 57.9 Å². The van der Waals surface area contributed by atoms with Crippen LogP contribution < -0.4 is 5.73 Å². The van der Waals surface area contributed by atoms with Crippen LogP contribution in [0.5, 0.6) is 0 Å². The van der Waals surface area contributed by atoms with E-state index in [0.717, 1.165) is 18.8 Å². The number of ketones is 1. The fourth-order valence-electron chi connectivity index (χ4n) is 2.14. The van der Waals surface area contributed by atoms with E-state index in [0.29, 0.717) is 6.42 Å². The summed E-state index contributed by atoms with van der Waals surface area (Å²) in [6.07, 6.45) is 8.11. The van der Waals surface area contributed by atoms with Gasteiger partial charge in [0.1, 0.15) is 5.78 Å². The number of rotatable bonds is 5. The minimum Gasteiger partial charge on any atom is -0.322 e. The summed E-state index contributed by atoms with van der Waals surface area (Å²) in [7, 11) is 0. The van der Waals surface area contributed by atoms with E-state index in [-0.39, 0.29) is 11.8 Å². The van der Waals surface area contributed by atoms with Crippen molar-refractivity contribution in [3.63, 3.8) is 0 Å². The number of hydrogen-bond donors (Lipinski definition) is 1. The van der Waals surface area contributed by atoms with Gasteiger partial charge < -0.3 is 5.73 Å². The number of nitrogens with two attached hydrogens (primary N) is 1. The van der Waals surface area contributed by atoms with Gasteiger partial charge in [-0.1, -0.05) is 32.6 Å². The summed E-state index contributed by atoms with van der Waals surface area (Å²) < 4.78 is 0. The van der Waals surface area contributed by atoms with Crippen molar-refractivity contribution >= 4 is 5.78 Å². The molecule has 76 valence electrons. The Morgan fingerprint density at radius 3 is 2.62 bits per heavy atom. The molecule has 0 aromatic heterocycles. The smallest absolute Gasteiger partial charge is 0.149 e. The van der Waals surface area contributed by atoms with Gasteiger partial charge in [-0.3, -0.25) is 4.79 Å². The highest BCUT2D eigenvalue weighted by atomic mass is 16.1. The van der Waals surface area contributed by atoms with Crippen LogP contribution in [0.1, 0.15) is 51.9 Å². The topological polar surface area (TPSA) is 43.1 Å². The number of Topliss-reactive ketones (excluding diaryl/α,β-unsaturated/α-hetero) is 1. The normalized spacial score (nSPS) is 20.5. The third-order valence-electron chi connectivity index (χ3n) is 3.12. The van der Waals surface area contributed by atoms with E-state index in [1.54, 1.807) is 0 Å². The van der Waals surface area contributed by atoms with E-state index < -0.39 is 0 Å². The molecule has 0 aliphatic heterocycles. The Hall–Kier alpha value is -0.370. The first kappa shape index (κ1) is 10.7. The van der Waals surface area contributed by atoms with Gasteiger partial charge in [0.25, 0.3) is 0 Å². The largest absolute Gasteiger partial charge is 0.322 e. The Bertz CT molecular complexity index is 161. The fourth-order valence-corrected chi connectivity index (χ4v) is 2.14. The lowest BCUT2D eigenvalue weighted by atomic mass is 9.96. The highest BCUT2D eigenvalue weighted by Crippen LogP contribution is 2.28. The molecule has 1 fully saturated rings. The van der Waals surface area contributed by atoms with Crippen LogP contribution in [0.15, 0.2) is 0 Å². The van der Waals surface area contributed by atoms with E-state index >= 15 is 0 Å². The fraction of sp³-hybridized carbons (Fsp3) is 0.909. The summed E-state index contributed by atoms with van der Waals surface area (Å²) in [5, 5.41) is 0. The number of carbonyl (C=O) groups excluding carboxylic acids is 1. The molecule has 0 aromatic rings. The molecule has 1 unspecified atom stereocenters. The van der Waals surface area contributed by atoms with Crippen LogP contribution in [-0.4, -0.2) is 11.8 Å². The maximum Gasteiger partial charge on any atom is 0.149 e. The predicted octanol–water partition coefficient (Wildman–Crippen LogP) is 2.26. The highest BCUT2D eigenvalue weighted by molar-refractivity contribution is 5.83. The zero-order valence-corrected chi connectivity index (χ0v) is 8.59. The van der Waals surface area contributed by atoms with Gasteiger partial charge >= 0.3 is 0 Å². The van der Waals surface area contributed by atoms with Gasteiger partial charge in [0.05, 0.1) is 6.04 Å². The molecule has 0 saturated heterocycles. The second-order valence-corrected chi connectivity index (χ2v) is 4.15. The Morgan fingerprint density at radius 1 is 1.46 bits per heavy atom. The summed E-state index contributed by atoms with van der Waals surface area (Å²) in [6.45, 7) is 1.89. The molecule has 0 heterocycles. The van der Waals surface area contributed by atoms with Crippen LogP contribution in [0.25, 0.3) is 0 Å². The van der Waals surface area contributed by atoms with Crippen molar-refractivity contribution in [2.75, 3.05) is 0 Å². The second kappa shape index (κ2) is 5.38. The first-order valence-corrected chi connectivity index (χ1v) is 5.52. The molecule has 0 radical (unpaired) electrons. The van der Waals surface area contributed by atoms with E-state index in [4.69, 9.17) is 5.73 Å². The molecule has 1 aliphatic carbocycles. The Labute approximate surface area is 80.9 Å². The summed E-state index contributed by atoms with van der Waals surface area (Å²) >= 11 is 0. The first-order valence-electron chi connectivity index (χ1n) is 5.52. The molecule has 2 N–H and O–H groups in total. The summed E-state index contributed by atoms with van der Waals surface area (Å²) in [5.74, 6) is 1.08. The molecule has 2 heteroatoms. The quantitative estimate of drug-likeness (QED) is 0.710. The van der Waals surface area contributed by atoms with Crippen LogP contribution in [-0.2, 0) is 4.79 Å². The van der Waals surface area contributed by atoms with E-state index in [1.165, 1.54) is 25.7 Å². The monoisotopic (exact) mass is 183 g/mol. The van der Waals surface area contributed by atoms with Gasteiger partial charge in [0, 0.05) is 6.42 Å². The lowest BCUT2D eigenvalue weighted by Gasteiger charge is -2.12. The lowest BCUT2D eigenvalue weighted by molar-refractivity contribution is -0.120. The standard InChI is InChI=1S/C11H21NO/c1-2-11(13)10(12)8-7-9-5-3-4-6-9/h9-10H,2-8,12H2,1H3. The van der Waals surface area contributed by atoms with Crippen molar-refractivity contribution in [3.05, 3.63) is 0 Å². The molecule has 0 amide bonds. The molecule has 13 heavy (non-hydrogen) atoms. The van der Waals surface area contributed by atoms with Gasteiger partial charge in [-0.2, -0.15) is 0 Å². The number of hydrogen-bond acceptors (Lipinski definition) is 2. The lowest BCUT2D eigenvalue weighted by Crippen LogP contribution is -2.30. The molecular formula is C11H21NO. The van der Waals surface area contributed by atoms with Gasteiger partial charge in [-0.25, -0.2) is 0 Å². The second-order valence-electron chi connectivity index (χ2n) is 4.15. The van der Waals surface area contributed by atoms with E-state index in [2.05, 4.69) is 0 Å². The Balaban J connectivity index is 2.13. The van der Waals surface area contributed by atoms with E-state index in [1.807, 2.05) is 6.92 Å².